The SMILES string of the molecule is Cc1cccc(-c2[nH]c(C(N)=O)nc2-c2ccc3nn(C)nc3c2)n1. The van der Waals surface area contributed by atoms with E-state index in [0.29, 0.717) is 17.1 Å². The maximum atomic E-state index is 11.6. The number of benzene rings is 1. The third-order valence-electron chi connectivity index (χ3n) is 3.84. The highest BCUT2D eigenvalue weighted by atomic mass is 16.1. The van der Waals surface area contributed by atoms with Crippen LogP contribution in [0, 0.1) is 6.92 Å². The molecule has 8 heteroatoms. The summed E-state index contributed by atoms with van der Waals surface area (Å²) in [5, 5.41) is 8.58. The fourth-order valence-electron chi connectivity index (χ4n) is 2.74. The van der Waals surface area contributed by atoms with Crippen LogP contribution in [0.3, 0.4) is 0 Å². The summed E-state index contributed by atoms with van der Waals surface area (Å²) in [6.07, 6.45) is 0. The zero-order valence-electron chi connectivity index (χ0n) is 13.7. The van der Waals surface area contributed by atoms with E-state index >= 15 is 0 Å². The zero-order chi connectivity index (χ0) is 17.6. The number of imidazole rings is 1. The van der Waals surface area contributed by atoms with Gasteiger partial charge >= 0.3 is 0 Å². The second-order valence-electron chi connectivity index (χ2n) is 5.73. The topological polar surface area (TPSA) is 115 Å². The van der Waals surface area contributed by atoms with Crippen LogP contribution in [0.25, 0.3) is 33.7 Å². The van der Waals surface area contributed by atoms with Gasteiger partial charge in [0.15, 0.2) is 5.82 Å². The van der Waals surface area contributed by atoms with Gasteiger partial charge in [0.2, 0.25) is 0 Å². The average molecular weight is 333 g/mol. The highest BCUT2D eigenvalue weighted by Gasteiger charge is 2.18. The molecule has 3 aromatic heterocycles. The van der Waals surface area contributed by atoms with Crippen molar-refractivity contribution in [1.82, 2.24) is 29.9 Å². The van der Waals surface area contributed by atoms with E-state index in [1.165, 1.54) is 4.80 Å². The van der Waals surface area contributed by atoms with Crippen molar-refractivity contribution < 1.29 is 4.79 Å². The van der Waals surface area contributed by atoms with Crippen molar-refractivity contribution in [2.75, 3.05) is 0 Å². The smallest absolute Gasteiger partial charge is 0.284 e. The minimum Gasteiger partial charge on any atom is -0.363 e. The van der Waals surface area contributed by atoms with Crippen LogP contribution < -0.4 is 5.73 Å². The lowest BCUT2D eigenvalue weighted by Crippen LogP contribution is -2.12. The van der Waals surface area contributed by atoms with Gasteiger partial charge < -0.3 is 10.7 Å². The minimum absolute atomic E-state index is 0.0903. The summed E-state index contributed by atoms with van der Waals surface area (Å²) >= 11 is 0. The number of aromatic nitrogens is 6. The molecule has 0 saturated carbocycles. The van der Waals surface area contributed by atoms with Gasteiger partial charge in [-0.2, -0.15) is 15.0 Å². The summed E-state index contributed by atoms with van der Waals surface area (Å²) in [6.45, 7) is 1.90. The molecule has 0 aliphatic carbocycles. The van der Waals surface area contributed by atoms with Crippen LogP contribution in [0.1, 0.15) is 16.3 Å². The van der Waals surface area contributed by atoms with E-state index in [1.54, 1.807) is 7.05 Å². The third-order valence-corrected chi connectivity index (χ3v) is 3.84. The molecule has 8 nitrogen and oxygen atoms in total. The van der Waals surface area contributed by atoms with Gasteiger partial charge in [-0.1, -0.05) is 12.1 Å². The van der Waals surface area contributed by atoms with Crippen molar-refractivity contribution >= 4 is 16.9 Å². The molecule has 0 fully saturated rings. The molecule has 0 saturated heterocycles. The quantitative estimate of drug-likeness (QED) is 0.593. The predicted octanol–water partition coefficient (Wildman–Crippen LogP) is 1.83. The molecule has 0 bridgehead atoms. The first-order valence-corrected chi connectivity index (χ1v) is 7.66. The molecule has 0 spiro atoms. The molecule has 124 valence electrons. The van der Waals surface area contributed by atoms with Gasteiger partial charge in [-0.05, 0) is 31.2 Å². The summed E-state index contributed by atoms with van der Waals surface area (Å²) in [5.74, 6) is -0.534. The van der Waals surface area contributed by atoms with Crippen LogP contribution in [0.15, 0.2) is 36.4 Å². The summed E-state index contributed by atoms with van der Waals surface area (Å²) in [7, 11) is 1.77. The molecule has 4 aromatic rings. The maximum Gasteiger partial charge on any atom is 0.284 e. The summed E-state index contributed by atoms with van der Waals surface area (Å²) in [5.41, 5.74) is 10.5. The second-order valence-corrected chi connectivity index (χ2v) is 5.73. The van der Waals surface area contributed by atoms with Gasteiger partial charge in [0.1, 0.15) is 11.0 Å². The summed E-state index contributed by atoms with van der Waals surface area (Å²) < 4.78 is 0. The molecule has 25 heavy (non-hydrogen) atoms. The standard InChI is InChI=1S/C17H15N7O/c1-9-4-3-5-12(19-9)15-14(20-17(21-15)16(18)25)10-6-7-11-13(8-10)23-24(2)22-11/h3-8H,1-2H3,(H2,18,25)(H,20,21). The van der Waals surface area contributed by atoms with Crippen molar-refractivity contribution in [2.24, 2.45) is 12.8 Å². The number of carbonyl (C=O) groups is 1. The van der Waals surface area contributed by atoms with E-state index in [-0.39, 0.29) is 5.82 Å². The normalized spacial score (nSPS) is 11.1. The van der Waals surface area contributed by atoms with Crippen molar-refractivity contribution in [3.63, 3.8) is 0 Å². The first-order valence-electron chi connectivity index (χ1n) is 7.66. The third kappa shape index (κ3) is 2.63. The van der Waals surface area contributed by atoms with Gasteiger partial charge in [0, 0.05) is 18.3 Å². The molecule has 0 radical (unpaired) electrons. The number of primary amides is 1. The fraction of sp³-hybridized carbons (Fsp3) is 0.118. The number of fused-ring (bicyclic) bond motifs is 1. The van der Waals surface area contributed by atoms with Crippen molar-refractivity contribution in [2.45, 2.75) is 6.92 Å². The van der Waals surface area contributed by atoms with E-state index in [1.807, 2.05) is 43.3 Å². The van der Waals surface area contributed by atoms with E-state index in [0.717, 1.165) is 22.3 Å². The van der Waals surface area contributed by atoms with Gasteiger partial charge in [-0.3, -0.25) is 9.78 Å². The monoisotopic (exact) mass is 333 g/mol. The molecular formula is C17H15N7O. The van der Waals surface area contributed by atoms with Crippen LogP contribution in [0.5, 0.6) is 0 Å². The highest BCUT2D eigenvalue weighted by molar-refractivity contribution is 5.93. The number of pyridine rings is 1. The van der Waals surface area contributed by atoms with Crippen molar-refractivity contribution in [1.29, 1.82) is 0 Å². The molecule has 0 aliphatic heterocycles. The summed E-state index contributed by atoms with van der Waals surface area (Å²) in [4.78, 5) is 25.0. The molecule has 3 N–H and O–H groups in total. The first kappa shape index (κ1) is 15.0. The molecule has 4 rings (SSSR count). The Morgan fingerprint density at radius 2 is 1.92 bits per heavy atom. The number of hydrogen-bond donors (Lipinski definition) is 2. The van der Waals surface area contributed by atoms with Crippen LogP contribution in [-0.4, -0.2) is 35.9 Å². The Labute approximate surface area is 142 Å². The van der Waals surface area contributed by atoms with Crippen LogP contribution in [0.4, 0.5) is 0 Å². The number of nitrogens with one attached hydrogen (secondary N) is 1. The predicted molar refractivity (Wildman–Crippen MR) is 92.6 cm³/mol. The van der Waals surface area contributed by atoms with Gasteiger partial charge in [0.05, 0.1) is 17.1 Å². The number of rotatable bonds is 3. The molecule has 1 aromatic carbocycles. The Morgan fingerprint density at radius 3 is 2.68 bits per heavy atom. The van der Waals surface area contributed by atoms with Crippen molar-refractivity contribution in [3.05, 3.63) is 47.9 Å². The molecular weight excluding hydrogens is 318 g/mol. The van der Waals surface area contributed by atoms with Crippen LogP contribution >= 0.6 is 0 Å². The second kappa shape index (κ2) is 5.52. The van der Waals surface area contributed by atoms with Gasteiger partial charge in [-0.15, -0.1) is 0 Å². The Bertz CT molecular complexity index is 1110. The lowest BCUT2D eigenvalue weighted by Gasteiger charge is -2.03. The number of nitrogens with zero attached hydrogens (tertiary/aromatic N) is 5. The number of hydrogen-bond acceptors (Lipinski definition) is 5. The van der Waals surface area contributed by atoms with Crippen LogP contribution in [0.2, 0.25) is 0 Å². The Hall–Kier alpha value is -3.55. The number of aryl methyl sites for hydroxylation is 2. The van der Waals surface area contributed by atoms with Gasteiger partial charge in [-0.25, -0.2) is 4.98 Å². The largest absolute Gasteiger partial charge is 0.363 e. The number of nitrogens with two attached hydrogens (primary N) is 1. The van der Waals surface area contributed by atoms with Crippen LogP contribution in [-0.2, 0) is 7.05 Å². The first-order chi connectivity index (χ1) is 12.0. The molecule has 0 aliphatic rings. The van der Waals surface area contributed by atoms with Gasteiger partial charge in [0.25, 0.3) is 5.91 Å². The fourth-order valence-corrected chi connectivity index (χ4v) is 2.74. The van der Waals surface area contributed by atoms with E-state index in [2.05, 4.69) is 25.1 Å². The average Bonchev–Trinajstić information content (AvgIpc) is 3.16. The highest BCUT2D eigenvalue weighted by Crippen LogP contribution is 2.30. The molecule has 3 heterocycles. The number of carbonyl (C=O) groups excluding carboxylic acids is 1. The zero-order valence-corrected chi connectivity index (χ0v) is 13.7. The number of amides is 1. The summed E-state index contributed by atoms with van der Waals surface area (Å²) in [6, 6.07) is 11.3. The Balaban J connectivity index is 1.93. The molecule has 0 atom stereocenters. The van der Waals surface area contributed by atoms with Crippen molar-refractivity contribution in [3.8, 4) is 22.6 Å². The number of aromatic amines is 1. The number of H-pyrrole nitrogens is 1. The minimum atomic E-state index is -0.624. The molecule has 1 amide bonds. The maximum absolute atomic E-state index is 11.6. The van der Waals surface area contributed by atoms with E-state index in [9.17, 15) is 4.79 Å². The lowest BCUT2D eigenvalue weighted by molar-refractivity contribution is 0.0991. The van der Waals surface area contributed by atoms with E-state index in [4.69, 9.17) is 5.73 Å². The van der Waals surface area contributed by atoms with E-state index < -0.39 is 5.91 Å². The molecule has 0 unspecified atom stereocenters. The Kier molecular flexibility index (Phi) is 3.31. The lowest BCUT2D eigenvalue weighted by atomic mass is 10.1. The Morgan fingerprint density at radius 1 is 1.12 bits per heavy atom.